The zero-order valence-electron chi connectivity index (χ0n) is 58.2. The van der Waals surface area contributed by atoms with Crippen LogP contribution in [-0.2, 0) is 10.8 Å². The fraction of sp³-hybridized carbons (Fsp3) is 0.0588. The Balaban J connectivity index is 0.833. The smallest absolute Gasteiger partial charge is 0.0544 e. The van der Waals surface area contributed by atoms with E-state index in [0.29, 0.717) is 0 Å². The Bertz CT molecular complexity index is 6620. The molecule has 2 heteroatoms. The van der Waals surface area contributed by atoms with Gasteiger partial charge in [0.25, 0.3) is 0 Å². The molecule has 18 aromatic carbocycles. The molecule has 0 bridgehead atoms. The van der Waals surface area contributed by atoms with Crippen LogP contribution >= 0.6 is 0 Å². The van der Waals surface area contributed by atoms with Crippen molar-refractivity contribution in [1.82, 2.24) is 9.13 Å². The summed E-state index contributed by atoms with van der Waals surface area (Å²) in [6, 6.07) is 129. The fourth-order valence-electron chi connectivity index (χ4n) is 19.4. The molecule has 2 aliphatic rings. The predicted octanol–water partition coefficient (Wildman–Crippen LogP) is 27.7. The molecular weight excluding hydrogens is 1250 g/mol. The molecule has 0 saturated heterocycles. The lowest BCUT2D eigenvalue weighted by Gasteiger charge is -2.26. The highest BCUT2D eigenvalue weighted by Gasteiger charge is 2.38. The van der Waals surface area contributed by atoms with Crippen LogP contribution in [0.25, 0.3) is 198 Å². The van der Waals surface area contributed by atoms with Gasteiger partial charge in [0, 0.05) is 43.7 Å². The van der Waals surface area contributed by atoms with E-state index in [4.69, 9.17) is 0 Å². The number of nitrogens with zero attached hydrogens (tertiary/aromatic N) is 2. The minimum absolute atomic E-state index is 0.157. The van der Waals surface area contributed by atoms with Gasteiger partial charge < -0.3 is 9.13 Å². The maximum Gasteiger partial charge on any atom is 0.0544 e. The summed E-state index contributed by atoms with van der Waals surface area (Å²) in [7, 11) is 0. The first-order valence-electron chi connectivity index (χ1n) is 36.6. The summed E-state index contributed by atoms with van der Waals surface area (Å²) >= 11 is 0. The van der Waals surface area contributed by atoms with Gasteiger partial charge in [-0.05, 0) is 238 Å². The lowest BCUT2D eigenvalue weighted by Crippen LogP contribution is -2.14. The minimum atomic E-state index is -0.157. The van der Waals surface area contributed by atoms with Crippen LogP contribution < -0.4 is 0 Å². The van der Waals surface area contributed by atoms with Crippen LogP contribution in [0.15, 0.2) is 340 Å². The monoisotopic (exact) mass is 1320 g/mol. The lowest BCUT2D eigenvalue weighted by atomic mass is 9.77. The molecule has 0 N–H and O–H groups in total. The van der Waals surface area contributed by atoms with Gasteiger partial charge in [0.15, 0.2) is 0 Å². The van der Waals surface area contributed by atoms with E-state index in [-0.39, 0.29) is 10.8 Å². The molecule has 20 aromatic rings. The van der Waals surface area contributed by atoms with Crippen molar-refractivity contribution in [3.8, 4) is 100 Å². The molecule has 0 fully saturated rings. The van der Waals surface area contributed by atoms with Crippen LogP contribution in [0.4, 0.5) is 0 Å². The Morgan fingerprint density at radius 1 is 0.183 bits per heavy atom. The number of hydrogen-bond acceptors (Lipinski definition) is 0. The van der Waals surface area contributed by atoms with Crippen molar-refractivity contribution in [1.29, 1.82) is 0 Å². The van der Waals surface area contributed by atoms with Crippen LogP contribution in [-0.4, -0.2) is 9.13 Å². The zero-order chi connectivity index (χ0) is 68.8. The Kier molecular flexibility index (Phi) is 12.4. The van der Waals surface area contributed by atoms with E-state index in [0.717, 1.165) is 22.5 Å². The third-order valence-corrected chi connectivity index (χ3v) is 24.0. The fourth-order valence-corrected chi connectivity index (χ4v) is 19.4. The van der Waals surface area contributed by atoms with Crippen LogP contribution in [0.5, 0.6) is 0 Å². The normalized spacial score (nSPS) is 13.5. The molecule has 0 amide bonds. The predicted molar refractivity (Wildman–Crippen MR) is 442 cm³/mol. The van der Waals surface area contributed by atoms with E-state index in [2.05, 4.69) is 377 Å². The lowest BCUT2D eigenvalue weighted by molar-refractivity contribution is 0.661. The molecule has 0 unspecified atom stereocenters. The SMILES string of the molecule is CC1(C)c2ccccc2-c2cc3c4ccccc4n(-c4cccc(-c5cc(-c6ccccc6)c6c7cccc8c9c(-c%10ccccc%10)c(-c%10cccc(-n%11c%12ccccc%12c%12cc%13c(cc%12%11)C(C)(C)c%11ccccc%11-%13)c%10)cc(-c%10ccccc%10)c9c9cccc(c6c5-c5ccccc5)c9c78)c4)c3cc21. The quantitative estimate of drug-likeness (QED) is 0.106. The van der Waals surface area contributed by atoms with E-state index in [1.807, 2.05) is 0 Å². The van der Waals surface area contributed by atoms with Crippen molar-refractivity contribution in [2.45, 2.75) is 38.5 Å². The molecule has 0 aliphatic heterocycles. The molecular formula is C102H68N2. The van der Waals surface area contributed by atoms with Gasteiger partial charge in [-0.2, -0.15) is 0 Å². The second-order valence-electron chi connectivity index (χ2n) is 30.1. The van der Waals surface area contributed by atoms with E-state index < -0.39 is 0 Å². The highest BCUT2D eigenvalue weighted by atomic mass is 15.0. The Labute approximate surface area is 603 Å². The summed E-state index contributed by atoms with van der Waals surface area (Å²) in [5.41, 5.74) is 31.8. The van der Waals surface area contributed by atoms with Gasteiger partial charge in [-0.25, -0.2) is 0 Å². The van der Waals surface area contributed by atoms with Crippen molar-refractivity contribution in [2.24, 2.45) is 0 Å². The highest BCUT2D eigenvalue weighted by molar-refractivity contribution is 6.45. The number of aromatic nitrogens is 2. The van der Waals surface area contributed by atoms with Gasteiger partial charge in [-0.1, -0.05) is 295 Å². The van der Waals surface area contributed by atoms with Gasteiger partial charge in [-0.3, -0.25) is 0 Å². The summed E-state index contributed by atoms with van der Waals surface area (Å²) in [5.74, 6) is 0. The van der Waals surface area contributed by atoms with Gasteiger partial charge in [0.2, 0.25) is 0 Å². The molecule has 0 spiro atoms. The maximum absolute atomic E-state index is 2.54. The van der Waals surface area contributed by atoms with Crippen molar-refractivity contribution < 1.29 is 0 Å². The van der Waals surface area contributed by atoms with Crippen molar-refractivity contribution >= 4 is 97.5 Å². The second kappa shape index (κ2) is 21.8. The third-order valence-electron chi connectivity index (χ3n) is 24.0. The van der Waals surface area contributed by atoms with Crippen molar-refractivity contribution in [3.05, 3.63) is 362 Å². The van der Waals surface area contributed by atoms with Gasteiger partial charge in [0.1, 0.15) is 0 Å². The first kappa shape index (κ1) is 58.9. The van der Waals surface area contributed by atoms with Gasteiger partial charge in [-0.15, -0.1) is 0 Å². The molecule has 486 valence electrons. The Morgan fingerprint density at radius 3 is 0.923 bits per heavy atom. The van der Waals surface area contributed by atoms with Gasteiger partial charge >= 0.3 is 0 Å². The van der Waals surface area contributed by atoms with E-state index in [1.165, 1.54) is 198 Å². The largest absolute Gasteiger partial charge is 0.309 e. The third kappa shape index (κ3) is 8.17. The average molecular weight is 1320 g/mol. The molecule has 2 aromatic heterocycles. The molecule has 104 heavy (non-hydrogen) atoms. The zero-order valence-corrected chi connectivity index (χ0v) is 58.2. The molecule has 2 nitrogen and oxygen atoms in total. The molecule has 2 aliphatic carbocycles. The maximum atomic E-state index is 2.54. The summed E-state index contributed by atoms with van der Waals surface area (Å²) in [5, 5.41) is 17.5. The molecule has 0 saturated carbocycles. The molecule has 22 rings (SSSR count). The number of para-hydroxylation sites is 2. The molecule has 0 radical (unpaired) electrons. The number of fused-ring (bicyclic) bond motifs is 18. The van der Waals surface area contributed by atoms with Crippen LogP contribution in [0, 0.1) is 0 Å². The first-order chi connectivity index (χ1) is 51.2. The van der Waals surface area contributed by atoms with Gasteiger partial charge in [0.05, 0.1) is 22.1 Å². The number of benzene rings is 18. The Morgan fingerprint density at radius 2 is 0.510 bits per heavy atom. The summed E-state index contributed by atoms with van der Waals surface area (Å²) in [4.78, 5) is 0. The van der Waals surface area contributed by atoms with Crippen LogP contribution in [0.3, 0.4) is 0 Å². The Hall–Kier alpha value is -12.9. The average Bonchev–Trinajstić information content (AvgIpc) is 1.05. The number of rotatable bonds is 8. The second-order valence-corrected chi connectivity index (χ2v) is 30.1. The van der Waals surface area contributed by atoms with Crippen LogP contribution in [0.2, 0.25) is 0 Å². The topological polar surface area (TPSA) is 9.86 Å². The summed E-state index contributed by atoms with van der Waals surface area (Å²) in [6.07, 6.45) is 0. The van der Waals surface area contributed by atoms with Crippen LogP contribution in [0.1, 0.15) is 49.9 Å². The molecule has 2 heterocycles. The first-order valence-corrected chi connectivity index (χ1v) is 36.6. The minimum Gasteiger partial charge on any atom is -0.309 e. The number of hydrogen-bond donors (Lipinski definition) is 0. The summed E-state index contributed by atoms with van der Waals surface area (Å²) < 4.78 is 5.06. The standard InChI is InChI=1S/C102H68N2/c1-101(2)85-49-21-17-41-69(85)81-57-83-71-43-19-23-51-89(71)103(91(83)59-87(81)101)67-39-25-37-65(53-67)79-55-77(61-29-9-5-10-30-61)97-73-45-28-48-76-96(73)95-74(46-27-47-75(95)99(97)93(79)63-33-13-7-14-34-63)98-78(62-31-11-6-12-32-62)56-80(94(100(76)98)64-35-15-8-16-36-64)66-38-26-40-68(54-66)104-90-52-24-20-44-72(90)84-58-82-70-42-18-22-50-86(70)102(3,4)88(82)60-92(84)104/h5-60H,1-4H3. The van der Waals surface area contributed by atoms with E-state index >= 15 is 0 Å². The summed E-state index contributed by atoms with van der Waals surface area (Å²) in [6.45, 7) is 9.56. The van der Waals surface area contributed by atoms with Crippen molar-refractivity contribution in [3.63, 3.8) is 0 Å². The van der Waals surface area contributed by atoms with E-state index in [1.54, 1.807) is 0 Å². The highest BCUT2D eigenvalue weighted by Crippen LogP contribution is 2.58. The van der Waals surface area contributed by atoms with Crippen molar-refractivity contribution in [2.75, 3.05) is 0 Å². The molecule has 0 atom stereocenters. The van der Waals surface area contributed by atoms with E-state index in [9.17, 15) is 0 Å².